The van der Waals surface area contributed by atoms with E-state index in [1.807, 2.05) is 6.92 Å². The maximum atomic E-state index is 13.4. The van der Waals surface area contributed by atoms with Crippen LogP contribution in [0.2, 0.25) is 0 Å². The van der Waals surface area contributed by atoms with E-state index in [4.69, 9.17) is 0 Å². The van der Waals surface area contributed by atoms with Gasteiger partial charge in [-0.3, -0.25) is 4.90 Å². The van der Waals surface area contributed by atoms with Crippen LogP contribution in [0.5, 0.6) is 0 Å². The third kappa shape index (κ3) is 4.54. The van der Waals surface area contributed by atoms with Gasteiger partial charge in [0.15, 0.2) is 0 Å². The number of aryl methyl sites for hydroxylation is 2. The molecule has 1 atom stereocenters. The van der Waals surface area contributed by atoms with Crippen LogP contribution in [0.4, 0.5) is 4.39 Å². The lowest BCUT2D eigenvalue weighted by Gasteiger charge is -2.42. The summed E-state index contributed by atoms with van der Waals surface area (Å²) in [7, 11) is -2.16. The van der Waals surface area contributed by atoms with E-state index in [1.54, 1.807) is 30.1 Å². The Labute approximate surface area is 210 Å². The molecule has 1 fully saturated rings. The van der Waals surface area contributed by atoms with Gasteiger partial charge >= 0.3 is 0 Å². The first-order valence-electron chi connectivity index (χ1n) is 12.0. The van der Waals surface area contributed by atoms with E-state index in [9.17, 15) is 12.8 Å². The Kier molecular flexibility index (Phi) is 6.39. The smallest absolute Gasteiger partial charge is 0.264 e. The molecule has 4 aromatic rings. The lowest BCUT2D eigenvalue weighted by Crippen LogP contribution is -2.51. The Balaban J connectivity index is 1.53. The van der Waals surface area contributed by atoms with Crippen molar-refractivity contribution in [2.24, 2.45) is 13.0 Å². The minimum atomic E-state index is -3.76. The molecular weight excluding hydrogens is 481 g/mol. The van der Waals surface area contributed by atoms with E-state index in [2.05, 4.69) is 46.2 Å². The van der Waals surface area contributed by atoms with Gasteiger partial charge in [-0.15, -0.1) is 5.10 Å². The predicted molar refractivity (Wildman–Crippen MR) is 135 cm³/mol. The topological polar surface area (TPSA) is 89.2 Å². The number of halogens is 1. The van der Waals surface area contributed by atoms with Crippen molar-refractivity contribution in [2.75, 3.05) is 26.2 Å². The Morgan fingerprint density at radius 3 is 2.50 bits per heavy atom. The summed E-state index contributed by atoms with van der Waals surface area (Å²) in [5, 5.41) is 13.4. The SMILES string of the molecule is Cc1cc2c(cnn2-c2ccc(F)cc2)cc1[C@H]1CN(S(=O)(=O)c2cnn(C)n2)CCN1CC(C)C. The second kappa shape index (κ2) is 9.38. The van der Waals surface area contributed by atoms with Crippen LogP contribution in [-0.4, -0.2) is 68.6 Å². The Morgan fingerprint density at radius 1 is 1.08 bits per heavy atom. The minimum Gasteiger partial charge on any atom is -0.293 e. The lowest BCUT2D eigenvalue weighted by molar-refractivity contribution is 0.105. The molecule has 1 aliphatic rings. The van der Waals surface area contributed by atoms with Crippen molar-refractivity contribution in [1.29, 1.82) is 0 Å². The largest absolute Gasteiger partial charge is 0.293 e. The first kappa shape index (κ1) is 24.5. The van der Waals surface area contributed by atoms with Crippen LogP contribution < -0.4 is 0 Å². The van der Waals surface area contributed by atoms with Crippen molar-refractivity contribution >= 4 is 20.9 Å². The van der Waals surface area contributed by atoms with Gasteiger partial charge in [0.25, 0.3) is 10.0 Å². The zero-order valence-electron chi connectivity index (χ0n) is 20.8. The number of nitrogens with zero attached hydrogens (tertiary/aromatic N) is 7. The summed E-state index contributed by atoms with van der Waals surface area (Å²) in [5.74, 6) is 0.137. The first-order valence-corrected chi connectivity index (χ1v) is 13.4. The van der Waals surface area contributed by atoms with Gasteiger partial charge in [0, 0.05) is 44.7 Å². The Bertz CT molecular complexity index is 1490. The van der Waals surface area contributed by atoms with Gasteiger partial charge in [-0.1, -0.05) is 13.8 Å². The fraction of sp³-hybridized carbons (Fsp3) is 0.400. The van der Waals surface area contributed by atoms with E-state index in [-0.39, 0.29) is 16.9 Å². The van der Waals surface area contributed by atoms with Gasteiger partial charge in [-0.2, -0.15) is 19.3 Å². The maximum Gasteiger partial charge on any atom is 0.264 e. The molecule has 5 rings (SSSR count). The molecule has 190 valence electrons. The molecule has 2 aromatic heterocycles. The van der Waals surface area contributed by atoms with Crippen LogP contribution in [0.3, 0.4) is 0 Å². The van der Waals surface area contributed by atoms with Crippen LogP contribution in [0.1, 0.15) is 31.0 Å². The molecule has 0 radical (unpaired) electrons. The van der Waals surface area contributed by atoms with Crippen LogP contribution in [-0.2, 0) is 17.1 Å². The molecule has 36 heavy (non-hydrogen) atoms. The van der Waals surface area contributed by atoms with Crippen LogP contribution in [0.15, 0.2) is 53.8 Å². The molecule has 3 heterocycles. The monoisotopic (exact) mass is 511 g/mol. The number of hydrogen-bond acceptors (Lipinski definition) is 6. The number of sulfonamides is 1. The molecule has 2 aromatic carbocycles. The summed E-state index contributed by atoms with van der Waals surface area (Å²) >= 11 is 0. The van der Waals surface area contributed by atoms with Gasteiger partial charge in [0.1, 0.15) is 5.82 Å². The van der Waals surface area contributed by atoms with Crippen LogP contribution in [0, 0.1) is 18.7 Å². The fourth-order valence-corrected chi connectivity index (χ4v) is 6.24. The zero-order chi connectivity index (χ0) is 25.6. The van der Waals surface area contributed by atoms with E-state index >= 15 is 0 Å². The number of rotatable bonds is 6. The highest BCUT2D eigenvalue weighted by Gasteiger charge is 2.37. The number of fused-ring (bicyclic) bond motifs is 1. The standard InChI is InChI=1S/C25H30FN7O2S/c1-17(2)15-31-9-10-32(36(34,35)25-14-27-30(4)29-25)16-24(31)22-12-19-13-28-33(23(19)11-18(22)3)21-7-5-20(26)6-8-21/h5-8,11-14,17,24H,9-10,15-16H2,1-4H3/t24-/m1/s1. The molecule has 0 N–H and O–H groups in total. The van der Waals surface area contributed by atoms with Crippen molar-refractivity contribution in [2.45, 2.75) is 31.8 Å². The van der Waals surface area contributed by atoms with Crippen molar-refractivity contribution in [3.63, 3.8) is 0 Å². The summed E-state index contributed by atoms with van der Waals surface area (Å²) in [4.78, 5) is 3.63. The highest BCUT2D eigenvalue weighted by molar-refractivity contribution is 7.89. The number of hydrogen-bond donors (Lipinski definition) is 0. The number of benzene rings is 2. The Hall–Kier alpha value is -3.15. The molecule has 1 saturated heterocycles. The van der Waals surface area contributed by atoms with Gasteiger partial charge in [-0.25, -0.2) is 17.5 Å². The van der Waals surface area contributed by atoms with E-state index in [0.717, 1.165) is 34.3 Å². The average molecular weight is 512 g/mol. The molecule has 0 amide bonds. The molecule has 0 bridgehead atoms. The van der Waals surface area contributed by atoms with Gasteiger partial charge in [0.05, 0.1) is 23.6 Å². The molecular formula is C25H30FN7O2S. The summed E-state index contributed by atoms with van der Waals surface area (Å²) in [6.45, 7) is 8.58. The molecule has 0 aliphatic carbocycles. The van der Waals surface area contributed by atoms with Crippen LogP contribution >= 0.6 is 0 Å². The van der Waals surface area contributed by atoms with Gasteiger partial charge < -0.3 is 0 Å². The quantitative estimate of drug-likeness (QED) is 0.395. The molecule has 1 aliphatic heterocycles. The third-order valence-corrected chi connectivity index (χ3v) is 8.35. The van der Waals surface area contributed by atoms with E-state index in [1.165, 1.54) is 27.4 Å². The molecule has 0 spiro atoms. The van der Waals surface area contributed by atoms with Crippen molar-refractivity contribution in [1.82, 2.24) is 34.0 Å². The number of aromatic nitrogens is 5. The van der Waals surface area contributed by atoms with Crippen molar-refractivity contribution < 1.29 is 12.8 Å². The summed E-state index contributed by atoms with van der Waals surface area (Å²) in [6, 6.07) is 10.3. The zero-order valence-corrected chi connectivity index (χ0v) is 21.7. The Morgan fingerprint density at radius 2 is 1.83 bits per heavy atom. The molecule has 11 heteroatoms. The first-order chi connectivity index (χ1) is 17.1. The molecule has 0 saturated carbocycles. The highest BCUT2D eigenvalue weighted by atomic mass is 32.2. The van der Waals surface area contributed by atoms with Crippen molar-refractivity contribution in [3.8, 4) is 5.69 Å². The van der Waals surface area contributed by atoms with Crippen LogP contribution in [0.25, 0.3) is 16.6 Å². The van der Waals surface area contributed by atoms with Crippen molar-refractivity contribution in [3.05, 3.63) is 65.7 Å². The molecule has 9 nitrogen and oxygen atoms in total. The minimum absolute atomic E-state index is 0.0335. The maximum absolute atomic E-state index is 13.4. The summed E-state index contributed by atoms with van der Waals surface area (Å²) < 4.78 is 43.4. The summed E-state index contributed by atoms with van der Waals surface area (Å²) in [6.07, 6.45) is 3.09. The highest BCUT2D eigenvalue weighted by Crippen LogP contribution is 2.33. The number of piperazine rings is 1. The van der Waals surface area contributed by atoms with Gasteiger partial charge in [0.2, 0.25) is 5.03 Å². The normalized spacial score (nSPS) is 17.9. The molecule has 0 unspecified atom stereocenters. The predicted octanol–water partition coefficient (Wildman–Crippen LogP) is 3.31. The van der Waals surface area contributed by atoms with E-state index < -0.39 is 10.0 Å². The summed E-state index contributed by atoms with van der Waals surface area (Å²) in [5.41, 5.74) is 3.81. The lowest BCUT2D eigenvalue weighted by atomic mass is 9.96. The second-order valence-electron chi connectivity index (χ2n) is 9.74. The third-order valence-electron chi connectivity index (χ3n) is 6.62. The van der Waals surface area contributed by atoms with E-state index in [0.29, 0.717) is 25.6 Å². The van der Waals surface area contributed by atoms with Gasteiger partial charge in [-0.05, 0) is 60.4 Å². The average Bonchev–Trinajstić information content (AvgIpc) is 3.45. The second-order valence-corrected chi connectivity index (χ2v) is 11.6. The fourth-order valence-electron chi connectivity index (χ4n) is 4.92.